The number of rotatable bonds is 2. The largest absolute Gasteiger partial charge is 0.308 e. The summed E-state index contributed by atoms with van der Waals surface area (Å²) in [5, 5.41) is 10.5. The van der Waals surface area contributed by atoms with E-state index in [9.17, 15) is 0 Å². The fourth-order valence-electron chi connectivity index (χ4n) is 6.66. The summed E-state index contributed by atoms with van der Waals surface area (Å²) in [7, 11) is 0. The first-order valence-electron chi connectivity index (χ1n) is 13.7. The number of hydrogen-bond donors (Lipinski definition) is 0. The molecular formula is C38H23NS. The maximum atomic E-state index is 2.54. The van der Waals surface area contributed by atoms with E-state index in [1.54, 1.807) is 0 Å². The summed E-state index contributed by atoms with van der Waals surface area (Å²) in [6.07, 6.45) is 0. The van der Waals surface area contributed by atoms with Gasteiger partial charge in [-0.05, 0) is 51.6 Å². The van der Waals surface area contributed by atoms with Crippen molar-refractivity contribution in [2.45, 2.75) is 0 Å². The predicted octanol–water partition coefficient (Wildman–Crippen LogP) is 11.1. The summed E-state index contributed by atoms with van der Waals surface area (Å²) in [6.45, 7) is 0. The normalized spacial score (nSPS) is 12.0. The Labute approximate surface area is 235 Å². The molecule has 9 rings (SSSR count). The monoisotopic (exact) mass is 525 g/mol. The molecule has 0 bridgehead atoms. The highest BCUT2D eigenvalue weighted by Crippen LogP contribution is 2.47. The number of nitrogens with zero attached hydrogens (tertiary/aromatic N) is 1. The lowest BCUT2D eigenvalue weighted by Gasteiger charge is -2.13. The molecule has 0 fully saturated rings. The lowest BCUT2D eigenvalue weighted by Crippen LogP contribution is -1.95. The van der Waals surface area contributed by atoms with Crippen molar-refractivity contribution in [2.75, 3.05) is 0 Å². The molecular weight excluding hydrogens is 502 g/mol. The summed E-state index contributed by atoms with van der Waals surface area (Å²) in [6, 6.07) is 51.1. The second kappa shape index (κ2) is 8.29. The highest BCUT2D eigenvalue weighted by molar-refractivity contribution is 7.26. The van der Waals surface area contributed by atoms with Crippen molar-refractivity contribution in [3.8, 4) is 16.8 Å². The summed E-state index contributed by atoms with van der Waals surface area (Å²) >= 11 is 1.88. The van der Waals surface area contributed by atoms with Crippen molar-refractivity contribution >= 4 is 74.9 Å². The van der Waals surface area contributed by atoms with Gasteiger partial charge in [0.1, 0.15) is 0 Å². The SMILES string of the molecule is c1ccc(-c2ccc(-n3c4c(ccc5sc6ccccc6c54)c4c5ccccc5c5ccccc5c43)cc2)cc1. The van der Waals surface area contributed by atoms with Gasteiger partial charge in [0, 0.05) is 42.0 Å². The first-order chi connectivity index (χ1) is 19.9. The summed E-state index contributed by atoms with van der Waals surface area (Å²) in [5.74, 6) is 0. The molecule has 0 aliphatic heterocycles. The van der Waals surface area contributed by atoms with Crippen LogP contribution in [0.2, 0.25) is 0 Å². The Morgan fingerprint density at radius 3 is 1.70 bits per heavy atom. The zero-order valence-corrected chi connectivity index (χ0v) is 22.5. The molecule has 0 aliphatic rings. The molecule has 0 atom stereocenters. The van der Waals surface area contributed by atoms with Crippen molar-refractivity contribution in [1.82, 2.24) is 4.57 Å². The minimum absolute atomic E-state index is 1.18. The van der Waals surface area contributed by atoms with Gasteiger partial charge in [-0.15, -0.1) is 11.3 Å². The Kier molecular flexibility index (Phi) is 4.55. The van der Waals surface area contributed by atoms with Gasteiger partial charge < -0.3 is 4.57 Å². The van der Waals surface area contributed by atoms with Crippen molar-refractivity contribution in [2.24, 2.45) is 0 Å². The Balaban J connectivity index is 1.52. The summed E-state index contributed by atoms with van der Waals surface area (Å²) < 4.78 is 5.19. The molecule has 0 saturated heterocycles. The van der Waals surface area contributed by atoms with Crippen LogP contribution < -0.4 is 0 Å². The van der Waals surface area contributed by atoms with Crippen molar-refractivity contribution in [3.63, 3.8) is 0 Å². The molecule has 0 radical (unpaired) electrons. The summed E-state index contributed by atoms with van der Waals surface area (Å²) in [4.78, 5) is 0. The topological polar surface area (TPSA) is 4.93 Å². The van der Waals surface area contributed by atoms with E-state index in [1.165, 1.54) is 80.3 Å². The van der Waals surface area contributed by atoms with Gasteiger partial charge in [0.15, 0.2) is 0 Å². The standard InChI is InChI=1S/C38H23NS/c1-2-10-24(11-3-1)25-18-20-26(21-19-25)39-37-30-15-7-5-13-28(30)27-12-4-6-14-29(27)35(37)32-22-23-34-36(38(32)39)31-16-8-9-17-33(31)40-34/h1-23H. The van der Waals surface area contributed by atoms with Crippen LogP contribution in [0.5, 0.6) is 0 Å². The zero-order chi connectivity index (χ0) is 26.2. The van der Waals surface area contributed by atoms with E-state index >= 15 is 0 Å². The molecule has 0 saturated carbocycles. The van der Waals surface area contributed by atoms with Gasteiger partial charge in [-0.2, -0.15) is 0 Å². The highest BCUT2D eigenvalue weighted by Gasteiger charge is 2.22. The molecule has 0 amide bonds. The molecule has 0 aliphatic carbocycles. The van der Waals surface area contributed by atoms with Crippen LogP contribution in [0.4, 0.5) is 0 Å². The van der Waals surface area contributed by atoms with Gasteiger partial charge in [0.25, 0.3) is 0 Å². The molecule has 0 N–H and O–H groups in total. The molecule has 2 heteroatoms. The number of fused-ring (bicyclic) bond motifs is 12. The Morgan fingerprint density at radius 1 is 0.350 bits per heavy atom. The third-order valence-corrected chi connectivity index (χ3v) is 9.51. The first kappa shape index (κ1) is 22.0. The number of hydrogen-bond acceptors (Lipinski definition) is 1. The second-order valence-corrected chi connectivity index (χ2v) is 11.6. The number of thiophene rings is 1. The molecule has 0 unspecified atom stereocenters. The Morgan fingerprint density at radius 2 is 0.925 bits per heavy atom. The molecule has 9 aromatic rings. The molecule has 2 heterocycles. The van der Waals surface area contributed by atoms with E-state index in [-0.39, 0.29) is 0 Å². The van der Waals surface area contributed by atoms with Crippen LogP contribution in [0, 0.1) is 0 Å². The molecule has 7 aromatic carbocycles. The van der Waals surface area contributed by atoms with Gasteiger partial charge in [0.2, 0.25) is 0 Å². The fourth-order valence-corrected chi connectivity index (χ4v) is 7.77. The first-order valence-corrected chi connectivity index (χ1v) is 14.5. The van der Waals surface area contributed by atoms with E-state index in [4.69, 9.17) is 0 Å². The number of benzene rings is 7. The zero-order valence-electron chi connectivity index (χ0n) is 21.6. The van der Waals surface area contributed by atoms with Gasteiger partial charge in [-0.3, -0.25) is 0 Å². The van der Waals surface area contributed by atoms with Crippen LogP contribution in [-0.4, -0.2) is 4.57 Å². The van der Waals surface area contributed by atoms with Crippen molar-refractivity contribution in [3.05, 3.63) is 140 Å². The average Bonchev–Trinajstić information content (AvgIpc) is 3.58. The van der Waals surface area contributed by atoms with E-state index in [1.807, 2.05) is 11.3 Å². The summed E-state index contributed by atoms with van der Waals surface area (Å²) in [5.41, 5.74) is 6.21. The predicted molar refractivity (Wildman–Crippen MR) is 174 cm³/mol. The van der Waals surface area contributed by atoms with E-state index in [2.05, 4.69) is 144 Å². The van der Waals surface area contributed by atoms with Gasteiger partial charge in [-0.25, -0.2) is 0 Å². The molecule has 2 aromatic heterocycles. The number of aromatic nitrogens is 1. The molecule has 40 heavy (non-hydrogen) atoms. The quantitative estimate of drug-likeness (QED) is 0.198. The van der Waals surface area contributed by atoms with Crippen LogP contribution in [0.15, 0.2) is 140 Å². The third kappa shape index (κ3) is 2.97. The maximum Gasteiger partial charge on any atom is 0.0634 e. The minimum Gasteiger partial charge on any atom is -0.308 e. The van der Waals surface area contributed by atoms with Gasteiger partial charge >= 0.3 is 0 Å². The molecule has 186 valence electrons. The smallest absolute Gasteiger partial charge is 0.0634 e. The Bertz CT molecular complexity index is 2410. The molecule has 0 spiro atoms. The minimum atomic E-state index is 1.18. The Hall–Kier alpha value is -4.92. The van der Waals surface area contributed by atoms with E-state index in [0.717, 1.165) is 0 Å². The second-order valence-electron chi connectivity index (χ2n) is 10.5. The van der Waals surface area contributed by atoms with Crippen LogP contribution in [0.1, 0.15) is 0 Å². The van der Waals surface area contributed by atoms with E-state index < -0.39 is 0 Å². The lowest BCUT2D eigenvalue weighted by molar-refractivity contribution is 1.19. The maximum absolute atomic E-state index is 2.54. The van der Waals surface area contributed by atoms with Gasteiger partial charge in [0.05, 0.1) is 11.0 Å². The average molecular weight is 526 g/mol. The van der Waals surface area contributed by atoms with Crippen molar-refractivity contribution in [1.29, 1.82) is 0 Å². The van der Waals surface area contributed by atoms with Crippen LogP contribution in [0.25, 0.3) is 80.3 Å². The van der Waals surface area contributed by atoms with Crippen LogP contribution >= 0.6 is 11.3 Å². The third-order valence-electron chi connectivity index (χ3n) is 8.37. The van der Waals surface area contributed by atoms with Crippen LogP contribution in [0.3, 0.4) is 0 Å². The molecule has 1 nitrogen and oxygen atoms in total. The highest BCUT2D eigenvalue weighted by atomic mass is 32.1. The van der Waals surface area contributed by atoms with Gasteiger partial charge in [-0.1, -0.05) is 115 Å². The van der Waals surface area contributed by atoms with Crippen molar-refractivity contribution < 1.29 is 0 Å². The van der Waals surface area contributed by atoms with E-state index in [0.29, 0.717) is 0 Å². The van der Waals surface area contributed by atoms with Crippen LogP contribution in [-0.2, 0) is 0 Å². The fraction of sp³-hybridized carbons (Fsp3) is 0. The lowest BCUT2D eigenvalue weighted by atomic mass is 9.96.